The van der Waals surface area contributed by atoms with Crippen molar-refractivity contribution in [1.82, 2.24) is 4.57 Å². The minimum absolute atomic E-state index is 0.914. The van der Waals surface area contributed by atoms with Crippen LogP contribution in [0.4, 0.5) is 0 Å². The standard InChI is InChI=1S/C15H11BrIN/c16-13-4-3-12-7-8-18(15(12)9-13)10-11-1-5-14(17)6-2-11/h1-9H,10H2. The number of aromatic nitrogens is 1. The number of nitrogens with zero attached hydrogens (tertiary/aromatic N) is 1. The Hall–Kier alpha value is -0.810. The van der Waals surface area contributed by atoms with Crippen LogP contribution in [0.5, 0.6) is 0 Å². The smallest absolute Gasteiger partial charge is 0.0494 e. The largest absolute Gasteiger partial charge is 0.343 e. The van der Waals surface area contributed by atoms with Crippen molar-refractivity contribution in [2.45, 2.75) is 6.54 Å². The van der Waals surface area contributed by atoms with Crippen LogP contribution in [0.2, 0.25) is 0 Å². The highest BCUT2D eigenvalue weighted by molar-refractivity contribution is 14.1. The normalized spacial score (nSPS) is 11.0. The van der Waals surface area contributed by atoms with Crippen molar-refractivity contribution in [3.8, 4) is 0 Å². The Morgan fingerprint density at radius 3 is 2.56 bits per heavy atom. The van der Waals surface area contributed by atoms with Crippen LogP contribution in [0.3, 0.4) is 0 Å². The third-order valence-electron chi connectivity index (χ3n) is 3.00. The first-order chi connectivity index (χ1) is 8.72. The predicted molar refractivity (Wildman–Crippen MR) is 87.9 cm³/mol. The second kappa shape index (κ2) is 5.05. The molecule has 0 N–H and O–H groups in total. The molecule has 1 heterocycles. The highest BCUT2D eigenvalue weighted by Crippen LogP contribution is 2.22. The van der Waals surface area contributed by atoms with Crippen molar-refractivity contribution in [3.05, 3.63) is 68.3 Å². The molecule has 90 valence electrons. The number of hydrogen-bond acceptors (Lipinski definition) is 0. The Morgan fingerprint density at radius 1 is 1.00 bits per heavy atom. The molecule has 3 heteroatoms. The summed E-state index contributed by atoms with van der Waals surface area (Å²) in [5, 5.41) is 1.28. The number of fused-ring (bicyclic) bond motifs is 1. The average Bonchev–Trinajstić information content (AvgIpc) is 2.75. The van der Waals surface area contributed by atoms with E-state index in [9.17, 15) is 0 Å². The van der Waals surface area contributed by atoms with Gasteiger partial charge in [0, 0.05) is 26.3 Å². The number of benzene rings is 2. The van der Waals surface area contributed by atoms with E-state index in [1.807, 2.05) is 0 Å². The third-order valence-corrected chi connectivity index (χ3v) is 4.21. The van der Waals surface area contributed by atoms with Gasteiger partial charge in [-0.25, -0.2) is 0 Å². The summed E-state index contributed by atoms with van der Waals surface area (Å²) in [6.07, 6.45) is 2.15. The van der Waals surface area contributed by atoms with Crippen LogP contribution < -0.4 is 0 Å². The highest BCUT2D eigenvalue weighted by atomic mass is 127. The summed E-state index contributed by atoms with van der Waals surface area (Å²) in [6.45, 7) is 0.914. The van der Waals surface area contributed by atoms with Gasteiger partial charge < -0.3 is 4.57 Å². The van der Waals surface area contributed by atoms with Gasteiger partial charge in [0.25, 0.3) is 0 Å². The Morgan fingerprint density at radius 2 is 1.78 bits per heavy atom. The van der Waals surface area contributed by atoms with E-state index in [1.54, 1.807) is 0 Å². The first-order valence-electron chi connectivity index (χ1n) is 5.71. The van der Waals surface area contributed by atoms with Gasteiger partial charge in [-0.3, -0.25) is 0 Å². The third kappa shape index (κ3) is 2.47. The van der Waals surface area contributed by atoms with Gasteiger partial charge in [0.05, 0.1) is 0 Å². The van der Waals surface area contributed by atoms with Crippen LogP contribution in [0.1, 0.15) is 5.56 Å². The van der Waals surface area contributed by atoms with Crippen molar-refractivity contribution < 1.29 is 0 Å². The summed E-state index contributed by atoms with van der Waals surface area (Å²) in [5.74, 6) is 0. The Balaban J connectivity index is 1.99. The van der Waals surface area contributed by atoms with Crippen LogP contribution in [0, 0.1) is 3.57 Å². The molecule has 0 radical (unpaired) electrons. The minimum Gasteiger partial charge on any atom is -0.343 e. The Labute approximate surface area is 128 Å². The molecule has 0 spiro atoms. The van der Waals surface area contributed by atoms with Gasteiger partial charge in [0.2, 0.25) is 0 Å². The van der Waals surface area contributed by atoms with Crippen LogP contribution in [0.25, 0.3) is 10.9 Å². The molecule has 0 aliphatic heterocycles. The monoisotopic (exact) mass is 411 g/mol. The number of halogens is 2. The van der Waals surface area contributed by atoms with E-state index in [1.165, 1.54) is 20.0 Å². The molecule has 0 fully saturated rings. The fourth-order valence-corrected chi connectivity index (χ4v) is 2.79. The van der Waals surface area contributed by atoms with Crippen molar-refractivity contribution in [2.24, 2.45) is 0 Å². The Kier molecular flexibility index (Phi) is 3.43. The fourth-order valence-electron chi connectivity index (χ4n) is 2.08. The van der Waals surface area contributed by atoms with Crippen molar-refractivity contribution >= 4 is 49.4 Å². The summed E-state index contributed by atoms with van der Waals surface area (Å²) in [5.41, 5.74) is 2.59. The summed E-state index contributed by atoms with van der Waals surface area (Å²) in [7, 11) is 0. The van der Waals surface area contributed by atoms with Gasteiger partial charge in [-0.15, -0.1) is 0 Å². The lowest BCUT2D eigenvalue weighted by molar-refractivity contribution is 0.836. The number of rotatable bonds is 2. The van der Waals surface area contributed by atoms with E-state index in [2.05, 4.69) is 97.8 Å². The van der Waals surface area contributed by atoms with Crippen LogP contribution >= 0.6 is 38.5 Å². The Bertz CT molecular complexity index is 685. The first-order valence-corrected chi connectivity index (χ1v) is 7.58. The van der Waals surface area contributed by atoms with E-state index in [-0.39, 0.29) is 0 Å². The zero-order chi connectivity index (χ0) is 12.5. The maximum atomic E-state index is 3.53. The van der Waals surface area contributed by atoms with Crippen molar-refractivity contribution in [3.63, 3.8) is 0 Å². The molecule has 3 rings (SSSR count). The lowest BCUT2D eigenvalue weighted by Gasteiger charge is -2.06. The molecule has 0 aliphatic rings. The van der Waals surface area contributed by atoms with Gasteiger partial charge in [-0.1, -0.05) is 34.1 Å². The quantitative estimate of drug-likeness (QED) is 0.519. The molecule has 0 saturated heterocycles. The number of hydrogen-bond donors (Lipinski definition) is 0. The van der Waals surface area contributed by atoms with E-state index < -0.39 is 0 Å². The van der Waals surface area contributed by atoms with Crippen LogP contribution in [0.15, 0.2) is 59.2 Å². The first kappa shape index (κ1) is 12.2. The molecule has 18 heavy (non-hydrogen) atoms. The van der Waals surface area contributed by atoms with E-state index >= 15 is 0 Å². The molecule has 0 saturated carbocycles. The van der Waals surface area contributed by atoms with Crippen molar-refractivity contribution in [2.75, 3.05) is 0 Å². The molecule has 1 aromatic heterocycles. The lowest BCUT2D eigenvalue weighted by Crippen LogP contribution is -1.97. The highest BCUT2D eigenvalue weighted by Gasteiger charge is 2.02. The van der Waals surface area contributed by atoms with Gasteiger partial charge in [-0.05, 0) is 63.9 Å². The average molecular weight is 412 g/mol. The SMILES string of the molecule is Brc1ccc2ccn(Cc3ccc(I)cc3)c2c1. The predicted octanol–water partition coefficient (Wildman–Crippen LogP) is 5.06. The van der Waals surface area contributed by atoms with E-state index in [0.29, 0.717) is 0 Å². The minimum atomic E-state index is 0.914. The molecule has 0 aliphatic carbocycles. The molecule has 0 bridgehead atoms. The zero-order valence-corrected chi connectivity index (χ0v) is 13.3. The zero-order valence-electron chi connectivity index (χ0n) is 9.61. The molecule has 3 aromatic rings. The second-order valence-corrected chi connectivity index (χ2v) is 6.43. The topological polar surface area (TPSA) is 4.93 Å². The molecule has 0 amide bonds. The van der Waals surface area contributed by atoms with Gasteiger partial charge >= 0.3 is 0 Å². The fraction of sp³-hybridized carbons (Fsp3) is 0.0667. The van der Waals surface area contributed by atoms with E-state index in [0.717, 1.165) is 11.0 Å². The summed E-state index contributed by atoms with van der Waals surface area (Å²) < 4.78 is 4.68. The maximum Gasteiger partial charge on any atom is 0.0494 e. The maximum absolute atomic E-state index is 3.53. The molecular formula is C15H11BrIN. The molecular weight excluding hydrogens is 401 g/mol. The van der Waals surface area contributed by atoms with Gasteiger partial charge in [0.1, 0.15) is 0 Å². The van der Waals surface area contributed by atoms with Crippen molar-refractivity contribution in [1.29, 1.82) is 0 Å². The molecule has 1 nitrogen and oxygen atoms in total. The summed E-state index contributed by atoms with van der Waals surface area (Å²) in [6, 6.07) is 17.2. The summed E-state index contributed by atoms with van der Waals surface area (Å²) in [4.78, 5) is 0. The van der Waals surface area contributed by atoms with Gasteiger partial charge in [-0.2, -0.15) is 0 Å². The van der Waals surface area contributed by atoms with Gasteiger partial charge in [0.15, 0.2) is 0 Å². The van der Waals surface area contributed by atoms with Crippen LogP contribution in [-0.4, -0.2) is 4.57 Å². The molecule has 2 aromatic carbocycles. The second-order valence-electron chi connectivity index (χ2n) is 4.27. The molecule has 0 unspecified atom stereocenters. The summed E-state index contributed by atoms with van der Waals surface area (Å²) >= 11 is 5.86. The lowest BCUT2D eigenvalue weighted by atomic mass is 10.2. The molecule has 0 atom stereocenters. The van der Waals surface area contributed by atoms with Crippen LogP contribution in [-0.2, 0) is 6.54 Å². The van der Waals surface area contributed by atoms with E-state index in [4.69, 9.17) is 0 Å².